The van der Waals surface area contributed by atoms with Crippen molar-refractivity contribution < 1.29 is 0 Å². The molecule has 1 nitrogen and oxygen atoms in total. The van der Waals surface area contributed by atoms with Gasteiger partial charge in [0, 0.05) is 11.8 Å². The molecule has 0 saturated heterocycles. The number of rotatable bonds is 4. The molecule has 0 aromatic heterocycles. The van der Waals surface area contributed by atoms with Crippen LogP contribution in [-0.2, 0) is 0 Å². The van der Waals surface area contributed by atoms with Gasteiger partial charge in [0.15, 0.2) is 0 Å². The van der Waals surface area contributed by atoms with E-state index < -0.39 is 0 Å². The van der Waals surface area contributed by atoms with E-state index in [0.717, 1.165) is 11.7 Å². The number of hydrogen-bond acceptors (Lipinski definition) is 2. The lowest BCUT2D eigenvalue weighted by molar-refractivity contribution is 0.622. The van der Waals surface area contributed by atoms with Gasteiger partial charge in [-0.25, -0.2) is 0 Å². The summed E-state index contributed by atoms with van der Waals surface area (Å²) in [5.74, 6) is 3.50. The van der Waals surface area contributed by atoms with Gasteiger partial charge in [0.25, 0.3) is 0 Å². The second-order valence-corrected chi connectivity index (χ2v) is 4.74. The van der Waals surface area contributed by atoms with E-state index in [1.165, 1.54) is 31.4 Å². The Kier molecular flexibility index (Phi) is 4.31. The molecule has 1 aliphatic carbocycles. The number of nitrogens with two attached hydrogens (primary N) is 1. The summed E-state index contributed by atoms with van der Waals surface area (Å²) in [6, 6.07) is 0.376. The molecular weight excluding hydrogens is 154 g/mol. The van der Waals surface area contributed by atoms with E-state index in [4.69, 9.17) is 5.73 Å². The first kappa shape index (κ1) is 9.40. The van der Waals surface area contributed by atoms with E-state index in [9.17, 15) is 0 Å². The lowest BCUT2D eigenvalue weighted by atomic mass is 10.1. The summed E-state index contributed by atoms with van der Waals surface area (Å²) < 4.78 is 0. The quantitative estimate of drug-likeness (QED) is 0.705. The zero-order valence-electron chi connectivity index (χ0n) is 7.38. The van der Waals surface area contributed by atoms with Gasteiger partial charge in [-0.1, -0.05) is 12.8 Å². The molecule has 1 fully saturated rings. The van der Waals surface area contributed by atoms with E-state index in [-0.39, 0.29) is 0 Å². The monoisotopic (exact) mass is 173 g/mol. The lowest BCUT2D eigenvalue weighted by Crippen LogP contribution is -2.18. The average Bonchev–Trinajstić information content (AvgIpc) is 2.39. The maximum absolute atomic E-state index is 5.66. The van der Waals surface area contributed by atoms with E-state index in [2.05, 4.69) is 6.92 Å². The van der Waals surface area contributed by atoms with Crippen molar-refractivity contribution in [2.75, 3.05) is 11.5 Å². The highest BCUT2D eigenvalue weighted by atomic mass is 32.2. The van der Waals surface area contributed by atoms with Gasteiger partial charge < -0.3 is 5.73 Å². The highest BCUT2D eigenvalue weighted by Gasteiger charge is 2.14. The smallest absolute Gasteiger partial charge is 0.0101 e. The molecule has 0 bridgehead atoms. The van der Waals surface area contributed by atoms with Crippen LogP contribution in [0.15, 0.2) is 0 Å². The van der Waals surface area contributed by atoms with Gasteiger partial charge in [0.2, 0.25) is 0 Å². The predicted octanol–water partition coefficient (Wildman–Crippen LogP) is 2.26. The van der Waals surface area contributed by atoms with E-state index >= 15 is 0 Å². The predicted molar refractivity (Wildman–Crippen MR) is 52.9 cm³/mol. The van der Waals surface area contributed by atoms with Crippen molar-refractivity contribution in [3.63, 3.8) is 0 Å². The van der Waals surface area contributed by atoms with E-state index in [1.54, 1.807) is 0 Å². The van der Waals surface area contributed by atoms with Crippen molar-refractivity contribution in [1.29, 1.82) is 0 Å². The Balaban J connectivity index is 1.94. The largest absolute Gasteiger partial charge is 0.327 e. The van der Waals surface area contributed by atoms with E-state index in [0.29, 0.717) is 6.04 Å². The molecule has 0 heterocycles. The molecule has 2 N–H and O–H groups in total. The molecule has 0 aliphatic heterocycles. The normalized spacial score (nSPS) is 22.4. The van der Waals surface area contributed by atoms with Crippen LogP contribution in [0, 0.1) is 5.92 Å². The molecule has 1 saturated carbocycles. The molecule has 0 spiro atoms. The first-order valence-corrected chi connectivity index (χ1v) is 5.78. The van der Waals surface area contributed by atoms with Crippen LogP contribution < -0.4 is 5.73 Å². The van der Waals surface area contributed by atoms with Crippen LogP contribution in [0.1, 0.15) is 32.6 Å². The standard InChI is InChI=1S/C9H19NS/c1-8(10)6-11-7-9-4-2-3-5-9/h8-9H,2-7,10H2,1H3. The Morgan fingerprint density at radius 1 is 1.45 bits per heavy atom. The van der Waals surface area contributed by atoms with Crippen LogP contribution >= 0.6 is 11.8 Å². The second kappa shape index (κ2) is 5.04. The Bertz CT molecular complexity index is 97.7. The molecule has 2 heteroatoms. The van der Waals surface area contributed by atoms with Crippen molar-refractivity contribution in [3.05, 3.63) is 0 Å². The zero-order chi connectivity index (χ0) is 8.10. The van der Waals surface area contributed by atoms with Gasteiger partial charge in [-0.3, -0.25) is 0 Å². The highest BCUT2D eigenvalue weighted by Crippen LogP contribution is 2.27. The van der Waals surface area contributed by atoms with Crippen LogP contribution in [0.4, 0.5) is 0 Å². The second-order valence-electron chi connectivity index (χ2n) is 3.67. The summed E-state index contributed by atoms with van der Waals surface area (Å²) in [6.45, 7) is 2.08. The molecule has 0 aromatic rings. The minimum Gasteiger partial charge on any atom is -0.327 e. The molecule has 1 atom stereocenters. The van der Waals surface area contributed by atoms with Crippen molar-refractivity contribution in [3.8, 4) is 0 Å². The Morgan fingerprint density at radius 2 is 2.09 bits per heavy atom. The van der Waals surface area contributed by atoms with Crippen LogP contribution in [0.25, 0.3) is 0 Å². The Hall–Kier alpha value is 0.310. The van der Waals surface area contributed by atoms with Gasteiger partial charge in [-0.05, 0) is 31.4 Å². The van der Waals surface area contributed by atoms with Crippen molar-refractivity contribution in [1.82, 2.24) is 0 Å². The van der Waals surface area contributed by atoms with Gasteiger partial charge in [0.1, 0.15) is 0 Å². The van der Waals surface area contributed by atoms with Crippen LogP contribution in [-0.4, -0.2) is 17.5 Å². The highest BCUT2D eigenvalue weighted by molar-refractivity contribution is 7.99. The third kappa shape index (κ3) is 4.02. The fourth-order valence-electron chi connectivity index (χ4n) is 1.60. The lowest BCUT2D eigenvalue weighted by Gasteiger charge is -2.09. The summed E-state index contributed by atoms with van der Waals surface area (Å²) in [4.78, 5) is 0. The minimum atomic E-state index is 0.376. The van der Waals surface area contributed by atoms with Gasteiger partial charge >= 0.3 is 0 Å². The molecule has 1 rings (SSSR count). The summed E-state index contributed by atoms with van der Waals surface area (Å²) in [5.41, 5.74) is 5.66. The zero-order valence-corrected chi connectivity index (χ0v) is 8.20. The van der Waals surface area contributed by atoms with Gasteiger partial charge in [-0.2, -0.15) is 11.8 Å². The fraction of sp³-hybridized carbons (Fsp3) is 1.00. The van der Waals surface area contributed by atoms with Gasteiger partial charge in [-0.15, -0.1) is 0 Å². The maximum Gasteiger partial charge on any atom is 0.0101 e. The molecule has 66 valence electrons. The topological polar surface area (TPSA) is 26.0 Å². The molecule has 1 aliphatic rings. The summed E-state index contributed by atoms with van der Waals surface area (Å²) >= 11 is 2.03. The van der Waals surface area contributed by atoms with Crippen LogP contribution in [0.2, 0.25) is 0 Å². The molecule has 11 heavy (non-hydrogen) atoms. The van der Waals surface area contributed by atoms with E-state index in [1.807, 2.05) is 11.8 Å². The SMILES string of the molecule is CC(N)CSCC1CCCC1. The summed E-state index contributed by atoms with van der Waals surface area (Å²) in [6.07, 6.45) is 5.85. The molecule has 0 radical (unpaired) electrons. The molecule has 0 amide bonds. The third-order valence-electron chi connectivity index (χ3n) is 2.21. The van der Waals surface area contributed by atoms with Crippen molar-refractivity contribution >= 4 is 11.8 Å². The molecular formula is C9H19NS. The van der Waals surface area contributed by atoms with Gasteiger partial charge in [0.05, 0.1) is 0 Å². The number of thioether (sulfide) groups is 1. The maximum atomic E-state index is 5.66. The van der Waals surface area contributed by atoms with Crippen LogP contribution in [0.5, 0.6) is 0 Å². The summed E-state index contributed by atoms with van der Waals surface area (Å²) in [7, 11) is 0. The van der Waals surface area contributed by atoms with Crippen molar-refractivity contribution in [2.24, 2.45) is 11.7 Å². The third-order valence-corrected chi connectivity index (χ3v) is 3.68. The molecule has 1 unspecified atom stereocenters. The molecule has 0 aromatic carbocycles. The first-order valence-electron chi connectivity index (χ1n) is 4.62. The average molecular weight is 173 g/mol. The Morgan fingerprint density at radius 3 is 2.64 bits per heavy atom. The number of hydrogen-bond donors (Lipinski definition) is 1. The van der Waals surface area contributed by atoms with Crippen LogP contribution in [0.3, 0.4) is 0 Å². The van der Waals surface area contributed by atoms with Crippen molar-refractivity contribution in [2.45, 2.75) is 38.6 Å². The fourth-order valence-corrected chi connectivity index (χ4v) is 2.77. The first-order chi connectivity index (χ1) is 5.29. The Labute approximate surface area is 74.1 Å². The minimum absolute atomic E-state index is 0.376. The summed E-state index contributed by atoms with van der Waals surface area (Å²) in [5, 5.41) is 0.